The van der Waals surface area contributed by atoms with Crippen molar-refractivity contribution in [1.82, 2.24) is 20.1 Å². The lowest BCUT2D eigenvalue weighted by Crippen LogP contribution is -2.33. The minimum absolute atomic E-state index is 0.00566. The summed E-state index contributed by atoms with van der Waals surface area (Å²) in [7, 11) is 0. The van der Waals surface area contributed by atoms with Crippen molar-refractivity contribution in [2.75, 3.05) is 11.1 Å². The number of benzene rings is 2. The van der Waals surface area contributed by atoms with E-state index < -0.39 is 12.0 Å². The number of rotatable bonds is 10. The van der Waals surface area contributed by atoms with Gasteiger partial charge in [-0.15, -0.1) is 10.2 Å². The molecule has 0 aliphatic carbocycles. The van der Waals surface area contributed by atoms with Gasteiger partial charge in [0, 0.05) is 17.8 Å². The van der Waals surface area contributed by atoms with E-state index in [1.54, 1.807) is 24.3 Å². The molecule has 0 saturated carbocycles. The summed E-state index contributed by atoms with van der Waals surface area (Å²) in [6.07, 6.45) is 0. The summed E-state index contributed by atoms with van der Waals surface area (Å²) in [6, 6.07) is 10.2. The molecule has 0 spiro atoms. The van der Waals surface area contributed by atoms with Gasteiger partial charge in [-0.3, -0.25) is 9.59 Å². The summed E-state index contributed by atoms with van der Waals surface area (Å²) in [5.41, 5.74) is 0.845. The van der Waals surface area contributed by atoms with Gasteiger partial charge in [-0.1, -0.05) is 54.9 Å². The monoisotopic (exact) mass is 549 g/mol. The molecule has 0 fully saturated rings. The minimum Gasteiger partial charge on any atom is -0.478 e. The molecule has 12 heteroatoms. The van der Waals surface area contributed by atoms with Crippen molar-refractivity contribution in [1.29, 1.82) is 0 Å². The first kappa shape index (κ1) is 27.5. The number of carboxylic acids is 1. The number of nitrogens with one attached hydrogen (secondary N) is 2. The van der Waals surface area contributed by atoms with Crippen LogP contribution >= 0.6 is 35.0 Å². The van der Waals surface area contributed by atoms with E-state index in [-0.39, 0.29) is 34.1 Å². The van der Waals surface area contributed by atoms with Crippen molar-refractivity contribution in [3.63, 3.8) is 0 Å². The number of anilines is 1. The van der Waals surface area contributed by atoms with Gasteiger partial charge in [-0.05, 0) is 49.2 Å². The molecule has 3 aromatic rings. The molecule has 190 valence electrons. The lowest BCUT2D eigenvalue weighted by atomic mass is 10.0. The summed E-state index contributed by atoms with van der Waals surface area (Å²) in [5.74, 6) is -1.11. The van der Waals surface area contributed by atoms with E-state index in [4.69, 9.17) is 28.3 Å². The summed E-state index contributed by atoms with van der Waals surface area (Å²) in [4.78, 5) is 36.5. The summed E-state index contributed by atoms with van der Waals surface area (Å²) in [6.45, 7) is 6.37. The third-order valence-corrected chi connectivity index (χ3v) is 6.91. The second-order valence-electron chi connectivity index (χ2n) is 8.13. The minimum atomic E-state index is -1.07. The first-order valence-corrected chi connectivity index (χ1v) is 12.8. The smallest absolute Gasteiger partial charge is 0.335 e. The Labute approximate surface area is 222 Å². The molecular formula is C24H25Cl2N5O4S. The van der Waals surface area contributed by atoms with E-state index in [2.05, 4.69) is 20.8 Å². The lowest BCUT2D eigenvalue weighted by Gasteiger charge is -2.22. The molecule has 0 radical (unpaired) electrons. The molecule has 1 aromatic heterocycles. The summed E-state index contributed by atoms with van der Waals surface area (Å²) < 4.78 is 1.85. The molecular weight excluding hydrogens is 525 g/mol. The molecule has 2 aromatic carbocycles. The van der Waals surface area contributed by atoms with Crippen LogP contribution in [0.1, 0.15) is 53.4 Å². The van der Waals surface area contributed by atoms with Crippen molar-refractivity contribution < 1.29 is 19.5 Å². The van der Waals surface area contributed by atoms with Crippen LogP contribution in [-0.4, -0.2) is 43.4 Å². The number of nitrogens with zero attached hydrogens (tertiary/aromatic N) is 3. The fourth-order valence-electron chi connectivity index (χ4n) is 3.38. The second-order valence-corrected chi connectivity index (χ2v) is 9.89. The number of amides is 2. The number of carboxylic acid groups (broad SMARTS) is 1. The normalized spacial score (nSPS) is 11.8. The number of halogens is 2. The number of hydrogen-bond donors (Lipinski definition) is 3. The maximum atomic E-state index is 12.9. The predicted octanol–water partition coefficient (Wildman–Crippen LogP) is 5.16. The Morgan fingerprint density at radius 3 is 2.44 bits per heavy atom. The van der Waals surface area contributed by atoms with Gasteiger partial charge in [0.2, 0.25) is 5.91 Å². The predicted molar refractivity (Wildman–Crippen MR) is 140 cm³/mol. The van der Waals surface area contributed by atoms with Crippen LogP contribution in [0.4, 0.5) is 5.69 Å². The second kappa shape index (κ2) is 12.2. The molecule has 36 heavy (non-hydrogen) atoms. The van der Waals surface area contributed by atoms with E-state index in [0.717, 1.165) is 0 Å². The van der Waals surface area contributed by atoms with Gasteiger partial charge in [0.15, 0.2) is 11.0 Å². The van der Waals surface area contributed by atoms with E-state index in [0.29, 0.717) is 33.8 Å². The maximum absolute atomic E-state index is 12.9. The molecule has 0 unspecified atom stereocenters. The zero-order valence-corrected chi connectivity index (χ0v) is 22.1. The molecule has 2 amide bonds. The van der Waals surface area contributed by atoms with Gasteiger partial charge in [0.1, 0.15) is 0 Å². The van der Waals surface area contributed by atoms with Crippen LogP contribution in [0.15, 0.2) is 47.6 Å². The topological polar surface area (TPSA) is 126 Å². The van der Waals surface area contributed by atoms with Crippen LogP contribution in [0.25, 0.3) is 0 Å². The fourth-order valence-corrected chi connectivity index (χ4v) is 4.49. The lowest BCUT2D eigenvalue weighted by molar-refractivity contribution is -0.113. The van der Waals surface area contributed by atoms with Gasteiger partial charge in [-0.2, -0.15) is 0 Å². The number of carbonyl (C=O) groups is 3. The number of carbonyl (C=O) groups excluding carboxylic acids is 2. The van der Waals surface area contributed by atoms with Crippen molar-refractivity contribution in [2.45, 2.75) is 38.5 Å². The largest absolute Gasteiger partial charge is 0.478 e. The fraction of sp³-hybridized carbons (Fsp3) is 0.292. The Morgan fingerprint density at radius 1 is 1.06 bits per heavy atom. The SMILES string of the molecule is CCn1c(SCC(=O)Nc2cccc(C(=O)O)c2)nnc1[C@H](NC(=O)c1ccc(Cl)c(Cl)c1)C(C)C. The Bertz CT molecular complexity index is 1280. The Kier molecular flexibility index (Phi) is 9.36. The Balaban J connectivity index is 1.71. The van der Waals surface area contributed by atoms with E-state index in [1.165, 1.54) is 30.0 Å². The van der Waals surface area contributed by atoms with Crippen LogP contribution in [0.3, 0.4) is 0 Å². The zero-order chi connectivity index (χ0) is 26.4. The quantitative estimate of drug-likeness (QED) is 0.298. The third kappa shape index (κ3) is 6.77. The third-order valence-electron chi connectivity index (χ3n) is 5.20. The molecule has 1 heterocycles. The summed E-state index contributed by atoms with van der Waals surface area (Å²) in [5, 5.41) is 24.5. The van der Waals surface area contributed by atoms with Crippen LogP contribution in [0.5, 0.6) is 0 Å². The number of hydrogen-bond acceptors (Lipinski definition) is 6. The van der Waals surface area contributed by atoms with Crippen molar-refractivity contribution >= 4 is 58.4 Å². The van der Waals surface area contributed by atoms with Gasteiger partial charge in [0.25, 0.3) is 5.91 Å². The maximum Gasteiger partial charge on any atom is 0.335 e. The first-order chi connectivity index (χ1) is 17.1. The number of thioether (sulfide) groups is 1. The van der Waals surface area contributed by atoms with Crippen LogP contribution in [-0.2, 0) is 11.3 Å². The molecule has 1 atom stereocenters. The van der Waals surface area contributed by atoms with Crippen molar-refractivity contribution in [2.24, 2.45) is 5.92 Å². The molecule has 3 rings (SSSR count). The van der Waals surface area contributed by atoms with E-state index in [9.17, 15) is 14.4 Å². The standard InChI is InChI=1S/C24H25Cl2N5O4S/c1-4-31-21(20(13(2)3)28-22(33)14-8-9-17(25)18(26)11-14)29-30-24(31)36-12-19(32)27-16-7-5-6-15(10-16)23(34)35/h5-11,13,20H,4,12H2,1-3H3,(H,27,32)(H,28,33)(H,34,35)/t20-/m1/s1. The average molecular weight is 550 g/mol. The highest BCUT2D eigenvalue weighted by Crippen LogP contribution is 2.27. The van der Waals surface area contributed by atoms with Crippen LogP contribution in [0.2, 0.25) is 10.0 Å². The average Bonchev–Trinajstić information content (AvgIpc) is 3.25. The Hall–Kier alpha value is -3.08. The molecule has 9 nitrogen and oxygen atoms in total. The van der Waals surface area contributed by atoms with Crippen LogP contribution < -0.4 is 10.6 Å². The van der Waals surface area contributed by atoms with Gasteiger partial charge in [-0.25, -0.2) is 4.79 Å². The highest BCUT2D eigenvalue weighted by molar-refractivity contribution is 7.99. The number of aromatic nitrogens is 3. The summed E-state index contributed by atoms with van der Waals surface area (Å²) >= 11 is 13.2. The van der Waals surface area contributed by atoms with Crippen molar-refractivity contribution in [3.05, 3.63) is 69.5 Å². The molecule has 0 aliphatic rings. The van der Waals surface area contributed by atoms with E-state index in [1.807, 2.05) is 25.3 Å². The Morgan fingerprint density at radius 2 is 1.81 bits per heavy atom. The molecule has 0 saturated heterocycles. The highest BCUT2D eigenvalue weighted by atomic mass is 35.5. The van der Waals surface area contributed by atoms with Gasteiger partial charge >= 0.3 is 5.97 Å². The van der Waals surface area contributed by atoms with Crippen molar-refractivity contribution in [3.8, 4) is 0 Å². The van der Waals surface area contributed by atoms with Gasteiger partial charge < -0.3 is 20.3 Å². The molecule has 0 bridgehead atoms. The van der Waals surface area contributed by atoms with E-state index >= 15 is 0 Å². The van der Waals surface area contributed by atoms with Crippen LogP contribution in [0, 0.1) is 5.92 Å². The molecule has 0 aliphatic heterocycles. The van der Waals surface area contributed by atoms with Gasteiger partial charge in [0.05, 0.1) is 27.4 Å². The zero-order valence-electron chi connectivity index (χ0n) is 19.8. The number of aromatic carboxylic acids is 1. The highest BCUT2D eigenvalue weighted by Gasteiger charge is 2.26. The first-order valence-electron chi connectivity index (χ1n) is 11.1. The molecule has 3 N–H and O–H groups in total.